The van der Waals surface area contributed by atoms with E-state index in [0.29, 0.717) is 0 Å². The quantitative estimate of drug-likeness (QED) is 0.236. The largest absolute Gasteiger partial charge is 0.456 e. The number of aromatic nitrogens is 3. The average Bonchev–Trinajstić information content (AvgIpc) is 3.45. The smallest absolute Gasteiger partial charge is 0.148 e. The lowest BCUT2D eigenvalue weighted by molar-refractivity contribution is -0.105. The molecule has 33 heavy (non-hydrogen) atoms. The van der Waals surface area contributed by atoms with Gasteiger partial charge < -0.3 is 9.15 Å². The molecule has 0 radical (unpaired) electrons. The van der Waals surface area contributed by atoms with Gasteiger partial charge in [0.05, 0.1) is 27.8 Å². The van der Waals surface area contributed by atoms with Crippen molar-refractivity contribution in [3.63, 3.8) is 0 Å². The lowest BCUT2D eigenvalue weighted by Crippen LogP contribution is -2.22. The van der Waals surface area contributed by atoms with Crippen LogP contribution in [-0.2, 0) is 21.4 Å². The molecule has 166 valence electrons. The van der Waals surface area contributed by atoms with E-state index in [1.54, 1.807) is 0 Å². The molecule has 0 saturated carbocycles. The summed E-state index contributed by atoms with van der Waals surface area (Å²) in [5.74, 6) is 1.00. The lowest BCUT2D eigenvalue weighted by Gasteiger charge is -2.24. The molecule has 7 rings (SSSR count). The minimum absolute atomic E-state index is 0.166. The second-order valence-corrected chi connectivity index (χ2v) is 11.5. The third-order valence-corrected chi connectivity index (χ3v) is 7.22. The molecule has 5 heteroatoms. The first kappa shape index (κ1) is 19.3. The fraction of sp³-hybridized carbons (Fsp3) is 0.357. The van der Waals surface area contributed by atoms with Crippen LogP contribution in [0.1, 0.15) is 65.4 Å². The number of rotatable bonds is 0. The topological polar surface area (TPSA) is 52.6 Å². The van der Waals surface area contributed by atoms with E-state index < -0.39 is 0 Å². The molecule has 0 saturated heterocycles. The molecular formula is C28H27N3O2. The molecule has 5 heterocycles. The molecular weight excluding hydrogens is 410 g/mol. The maximum Gasteiger partial charge on any atom is 0.148 e. The molecule has 6 aromatic rings. The average molecular weight is 438 g/mol. The monoisotopic (exact) mass is 437 g/mol. The Labute approximate surface area is 191 Å². The summed E-state index contributed by atoms with van der Waals surface area (Å²) in [7, 11) is 0. The highest BCUT2D eigenvalue weighted by molar-refractivity contribution is 6.14. The van der Waals surface area contributed by atoms with Crippen LogP contribution in [0.25, 0.3) is 49.5 Å². The van der Waals surface area contributed by atoms with Crippen LogP contribution >= 0.6 is 0 Å². The van der Waals surface area contributed by atoms with Gasteiger partial charge in [0.15, 0.2) is 0 Å². The zero-order valence-corrected chi connectivity index (χ0v) is 20.1. The highest BCUT2D eigenvalue weighted by Gasteiger charge is 2.43. The normalized spacial score (nSPS) is 17.9. The Bertz CT molecular complexity index is 1780. The molecule has 0 atom stereocenters. The van der Waals surface area contributed by atoms with Gasteiger partial charge in [-0.1, -0.05) is 20.8 Å². The molecule has 0 N–H and O–H groups in total. The summed E-state index contributed by atoms with van der Waals surface area (Å²) in [5.41, 5.74) is 7.33. The van der Waals surface area contributed by atoms with Gasteiger partial charge in [0.25, 0.3) is 0 Å². The number of ether oxygens (including phenoxy) is 1. The zero-order valence-electron chi connectivity index (χ0n) is 20.1. The van der Waals surface area contributed by atoms with Gasteiger partial charge in [-0.25, -0.2) is 9.97 Å². The first-order chi connectivity index (χ1) is 15.4. The Morgan fingerprint density at radius 2 is 1.39 bits per heavy atom. The third kappa shape index (κ3) is 2.36. The van der Waals surface area contributed by atoms with Crippen molar-refractivity contribution in [1.82, 2.24) is 14.4 Å². The molecule has 1 aliphatic rings. The number of imidazole rings is 1. The van der Waals surface area contributed by atoms with Crippen molar-refractivity contribution < 1.29 is 9.15 Å². The van der Waals surface area contributed by atoms with E-state index in [1.165, 1.54) is 11.1 Å². The Morgan fingerprint density at radius 1 is 0.758 bits per heavy atom. The van der Waals surface area contributed by atoms with Crippen LogP contribution in [0.15, 0.2) is 40.8 Å². The van der Waals surface area contributed by atoms with Crippen LogP contribution in [0.3, 0.4) is 0 Å². The molecule has 0 unspecified atom stereocenters. The molecule has 0 spiro atoms. The third-order valence-electron chi connectivity index (χ3n) is 7.22. The molecule has 2 aromatic carbocycles. The number of benzene rings is 3. The predicted octanol–water partition coefficient (Wildman–Crippen LogP) is 7.17. The van der Waals surface area contributed by atoms with Gasteiger partial charge in [-0.2, -0.15) is 0 Å². The van der Waals surface area contributed by atoms with Crippen molar-refractivity contribution in [1.29, 1.82) is 0 Å². The van der Waals surface area contributed by atoms with E-state index in [4.69, 9.17) is 19.1 Å². The standard InChI is InChI=1S/C28H27N3O2/c1-26(2,3)25-30-19-11-15-14(22-8-9-23(15)32-22)10-16(19)24-29-20-12-17-18(13-21(20)31(24)25)28(6,7)33-27(17,4)5/h8-13H,1-7H3. The molecule has 2 bridgehead atoms. The van der Waals surface area contributed by atoms with Crippen molar-refractivity contribution in [3.05, 3.63) is 53.3 Å². The van der Waals surface area contributed by atoms with Gasteiger partial charge in [-0.15, -0.1) is 0 Å². The van der Waals surface area contributed by atoms with E-state index in [2.05, 4.69) is 77.1 Å². The van der Waals surface area contributed by atoms with Gasteiger partial charge in [0, 0.05) is 21.6 Å². The van der Waals surface area contributed by atoms with Crippen LogP contribution in [-0.4, -0.2) is 14.4 Å². The summed E-state index contributed by atoms with van der Waals surface area (Å²) in [5, 5.41) is 3.29. The summed E-state index contributed by atoms with van der Waals surface area (Å²) in [6.07, 6.45) is 0. The number of furan rings is 2. The van der Waals surface area contributed by atoms with Crippen LogP contribution < -0.4 is 0 Å². The minimum Gasteiger partial charge on any atom is -0.456 e. The molecule has 5 nitrogen and oxygen atoms in total. The second kappa shape index (κ2) is 5.48. The van der Waals surface area contributed by atoms with Crippen molar-refractivity contribution in [2.75, 3.05) is 0 Å². The maximum absolute atomic E-state index is 6.43. The van der Waals surface area contributed by atoms with Crippen LogP contribution in [0, 0.1) is 0 Å². The van der Waals surface area contributed by atoms with Crippen molar-refractivity contribution in [3.8, 4) is 0 Å². The van der Waals surface area contributed by atoms with E-state index in [-0.39, 0.29) is 16.6 Å². The van der Waals surface area contributed by atoms with Gasteiger partial charge in [0.1, 0.15) is 22.6 Å². The lowest BCUT2D eigenvalue weighted by atomic mass is 9.90. The van der Waals surface area contributed by atoms with Crippen LogP contribution in [0.2, 0.25) is 0 Å². The van der Waals surface area contributed by atoms with Crippen LogP contribution in [0.4, 0.5) is 0 Å². The fourth-order valence-corrected chi connectivity index (χ4v) is 5.82. The van der Waals surface area contributed by atoms with E-state index in [1.807, 2.05) is 12.1 Å². The van der Waals surface area contributed by atoms with E-state index >= 15 is 0 Å². The first-order valence-corrected chi connectivity index (χ1v) is 11.6. The second-order valence-electron chi connectivity index (χ2n) is 11.5. The summed E-state index contributed by atoms with van der Waals surface area (Å²) >= 11 is 0. The molecule has 1 aliphatic heterocycles. The van der Waals surface area contributed by atoms with Gasteiger partial charge in [0.2, 0.25) is 0 Å². The molecule has 0 fully saturated rings. The van der Waals surface area contributed by atoms with Crippen molar-refractivity contribution >= 4 is 49.5 Å². The van der Waals surface area contributed by atoms with Gasteiger partial charge >= 0.3 is 0 Å². The van der Waals surface area contributed by atoms with E-state index in [0.717, 1.165) is 55.3 Å². The van der Waals surface area contributed by atoms with Gasteiger partial charge in [-0.05, 0) is 75.2 Å². The van der Waals surface area contributed by atoms with Gasteiger partial charge in [-0.3, -0.25) is 4.40 Å². The fourth-order valence-electron chi connectivity index (χ4n) is 5.82. The van der Waals surface area contributed by atoms with Crippen LogP contribution in [0.5, 0.6) is 0 Å². The molecule has 0 aliphatic carbocycles. The minimum atomic E-state index is -0.360. The zero-order chi connectivity index (χ0) is 23.1. The predicted molar refractivity (Wildman–Crippen MR) is 132 cm³/mol. The molecule has 4 aromatic heterocycles. The Morgan fingerprint density at radius 3 is 2.06 bits per heavy atom. The van der Waals surface area contributed by atoms with Crippen molar-refractivity contribution in [2.24, 2.45) is 0 Å². The summed E-state index contributed by atoms with van der Waals surface area (Å²) in [6, 6.07) is 12.9. The highest BCUT2D eigenvalue weighted by atomic mass is 16.5. The van der Waals surface area contributed by atoms with E-state index in [9.17, 15) is 0 Å². The summed E-state index contributed by atoms with van der Waals surface area (Å²) < 4.78 is 14.6. The number of fused-ring (bicyclic) bond motifs is 11. The summed E-state index contributed by atoms with van der Waals surface area (Å²) in [6.45, 7) is 15.2. The summed E-state index contributed by atoms with van der Waals surface area (Å²) in [4.78, 5) is 10.4. The maximum atomic E-state index is 6.43. The Balaban J connectivity index is 1.69. The Kier molecular flexibility index (Phi) is 3.20. The van der Waals surface area contributed by atoms with Crippen molar-refractivity contribution in [2.45, 2.75) is 65.1 Å². The SMILES string of the molecule is CC(C)(C)c1nc2cc3c4ccc(o4)c3cc2c2nc3cc4c(cc3n12)C(C)(C)OC4(C)C. The number of nitrogens with zero attached hydrogens (tertiary/aromatic N) is 3. The Hall–Kier alpha value is -3.18. The highest BCUT2D eigenvalue weighted by Crippen LogP contribution is 2.48. The first-order valence-electron chi connectivity index (χ1n) is 11.6. The molecule has 0 amide bonds. The number of hydrogen-bond donors (Lipinski definition) is 0. The number of hydrogen-bond acceptors (Lipinski definition) is 4.